The Morgan fingerprint density at radius 1 is 1.41 bits per heavy atom. The number of nitrogens with one attached hydrogen (secondary N) is 2. The summed E-state index contributed by atoms with van der Waals surface area (Å²) in [6.45, 7) is 1.73. The Kier molecular flexibility index (Phi) is 5.93. The highest BCUT2D eigenvalue weighted by molar-refractivity contribution is 7.14. The molecule has 1 aliphatic rings. The molecule has 0 radical (unpaired) electrons. The molecule has 124 valence electrons. The summed E-state index contributed by atoms with van der Waals surface area (Å²) >= 11 is 1.73. The molecule has 4 nitrogen and oxygen atoms in total. The highest BCUT2D eigenvalue weighted by Gasteiger charge is 2.26. The fourth-order valence-electron chi connectivity index (χ4n) is 2.40. The molecule has 8 heteroatoms. The third kappa shape index (κ3) is 5.40. The van der Waals surface area contributed by atoms with E-state index in [1.165, 1.54) is 5.00 Å². The molecule has 1 fully saturated rings. The second-order valence-electron chi connectivity index (χ2n) is 5.22. The lowest BCUT2D eigenvalue weighted by atomic mass is 10.1. The van der Waals surface area contributed by atoms with Crippen LogP contribution in [0.4, 0.5) is 18.2 Å². The van der Waals surface area contributed by atoms with E-state index in [0.717, 1.165) is 25.9 Å². The van der Waals surface area contributed by atoms with Gasteiger partial charge >= 0.3 is 6.18 Å². The summed E-state index contributed by atoms with van der Waals surface area (Å²) in [6, 6.07) is 4.39. The van der Waals surface area contributed by atoms with Crippen molar-refractivity contribution in [1.82, 2.24) is 10.6 Å². The van der Waals surface area contributed by atoms with Crippen LogP contribution in [-0.4, -0.2) is 44.9 Å². The van der Waals surface area contributed by atoms with Crippen molar-refractivity contribution in [3.05, 3.63) is 17.5 Å². The number of rotatable bonds is 4. The normalized spacial score (nSPS) is 17.6. The van der Waals surface area contributed by atoms with Crippen molar-refractivity contribution < 1.29 is 13.2 Å². The monoisotopic (exact) mass is 334 g/mol. The highest BCUT2D eigenvalue weighted by Crippen LogP contribution is 2.24. The van der Waals surface area contributed by atoms with Crippen LogP contribution in [0.25, 0.3) is 0 Å². The Morgan fingerprint density at radius 3 is 2.68 bits per heavy atom. The van der Waals surface area contributed by atoms with Gasteiger partial charge in [0.15, 0.2) is 5.96 Å². The molecule has 1 saturated heterocycles. The molecule has 0 bridgehead atoms. The van der Waals surface area contributed by atoms with E-state index in [2.05, 4.69) is 32.0 Å². The van der Waals surface area contributed by atoms with Crippen molar-refractivity contribution in [2.24, 2.45) is 4.99 Å². The average molecular weight is 334 g/mol. The Morgan fingerprint density at radius 2 is 2.14 bits per heavy atom. The predicted octanol–water partition coefficient (Wildman–Crippen LogP) is 2.83. The number of halogens is 3. The van der Waals surface area contributed by atoms with Gasteiger partial charge in [-0.05, 0) is 30.4 Å². The van der Waals surface area contributed by atoms with E-state index in [4.69, 9.17) is 0 Å². The van der Waals surface area contributed by atoms with Gasteiger partial charge in [0.05, 0.1) is 11.4 Å². The molecule has 22 heavy (non-hydrogen) atoms. The summed E-state index contributed by atoms with van der Waals surface area (Å²) < 4.78 is 36.4. The minimum Gasteiger partial charge on any atom is -0.363 e. The molecule has 1 aromatic heterocycles. The molecule has 0 amide bonds. The first-order valence-electron chi connectivity index (χ1n) is 7.30. The number of guanidine groups is 1. The Labute approximate surface area is 132 Å². The lowest BCUT2D eigenvalue weighted by molar-refractivity contribution is -0.132. The van der Waals surface area contributed by atoms with Gasteiger partial charge < -0.3 is 15.5 Å². The van der Waals surface area contributed by atoms with E-state index < -0.39 is 12.6 Å². The second kappa shape index (κ2) is 7.71. The molecule has 2 heterocycles. The number of anilines is 1. The van der Waals surface area contributed by atoms with Crippen molar-refractivity contribution in [2.75, 3.05) is 31.6 Å². The number of hydrogen-bond acceptors (Lipinski definition) is 3. The minimum absolute atomic E-state index is 0.156. The van der Waals surface area contributed by atoms with Crippen LogP contribution in [0.5, 0.6) is 0 Å². The van der Waals surface area contributed by atoms with Crippen LogP contribution in [0.15, 0.2) is 22.5 Å². The van der Waals surface area contributed by atoms with Gasteiger partial charge in [-0.2, -0.15) is 13.2 Å². The number of piperidine rings is 1. The molecule has 1 aliphatic heterocycles. The summed E-state index contributed by atoms with van der Waals surface area (Å²) in [5.74, 6) is 0.443. The molecule has 0 spiro atoms. The molecule has 0 saturated carbocycles. The zero-order valence-electron chi connectivity index (χ0n) is 12.5. The van der Waals surface area contributed by atoms with Crippen LogP contribution in [0.1, 0.15) is 19.3 Å². The molecule has 2 rings (SSSR count). The van der Waals surface area contributed by atoms with Gasteiger partial charge in [0.1, 0.15) is 0 Å². The maximum Gasteiger partial charge on any atom is 0.390 e. The maximum atomic E-state index is 12.1. The van der Waals surface area contributed by atoms with Gasteiger partial charge in [-0.25, -0.2) is 0 Å². The fourth-order valence-corrected chi connectivity index (χ4v) is 3.19. The summed E-state index contributed by atoms with van der Waals surface area (Å²) in [5.41, 5.74) is 0. The third-order valence-corrected chi connectivity index (χ3v) is 4.51. The van der Waals surface area contributed by atoms with Gasteiger partial charge in [0, 0.05) is 32.7 Å². The smallest absolute Gasteiger partial charge is 0.363 e. The van der Waals surface area contributed by atoms with E-state index in [0.29, 0.717) is 5.96 Å². The molecule has 0 aliphatic carbocycles. The summed E-state index contributed by atoms with van der Waals surface area (Å²) in [6.07, 6.45) is -3.11. The van der Waals surface area contributed by atoms with E-state index in [9.17, 15) is 13.2 Å². The van der Waals surface area contributed by atoms with Crippen molar-refractivity contribution in [3.8, 4) is 0 Å². The number of alkyl halides is 3. The lowest BCUT2D eigenvalue weighted by Crippen LogP contribution is -2.49. The highest BCUT2D eigenvalue weighted by atomic mass is 32.1. The first kappa shape index (κ1) is 16.9. The molecule has 0 atom stereocenters. The van der Waals surface area contributed by atoms with Gasteiger partial charge in [0.25, 0.3) is 0 Å². The zero-order chi connectivity index (χ0) is 16.0. The fraction of sp³-hybridized carbons (Fsp3) is 0.643. The number of thiophene rings is 1. The zero-order valence-corrected chi connectivity index (χ0v) is 13.3. The number of hydrogen-bond donors (Lipinski definition) is 2. The first-order chi connectivity index (χ1) is 10.5. The number of nitrogens with zero attached hydrogens (tertiary/aromatic N) is 2. The molecule has 0 aromatic carbocycles. The molecular weight excluding hydrogens is 313 g/mol. The molecule has 1 aromatic rings. The van der Waals surface area contributed by atoms with Crippen molar-refractivity contribution >= 4 is 22.3 Å². The standard InChI is InChI=1S/C14H21F3N4S/c1-18-13(19-7-6-14(15,16)17)20-11-4-8-21(9-5-11)12-3-2-10-22-12/h2-3,10-11H,4-9H2,1H3,(H2,18,19,20). The Hall–Kier alpha value is -1.44. The van der Waals surface area contributed by atoms with Gasteiger partial charge in [-0.3, -0.25) is 4.99 Å². The Balaban J connectivity index is 1.72. The van der Waals surface area contributed by atoms with E-state index in [-0.39, 0.29) is 12.6 Å². The van der Waals surface area contributed by atoms with Crippen LogP contribution in [-0.2, 0) is 0 Å². The first-order valence-corrected chi connectivity index (χ1v) is 8.18. The molecular formula is C14H21F3N4S. The van der Waals surface area contributed by atoms with Gasteiger partial charge in [-0.15, -0.1) is 11.3 Å². The van der Waals surface area contributed by atoms with Gasteiger partial charge in [0.2, 0.25) is 0 Å². The molecule has 2 N–H and O–H groups in total. The largest absolute Gasteiger partial charge is 0.390 e. The summed E-state index contributed by atoms with van der Waals surface area (Å²) in [7, 11) is 1.57. The van der Waals surface area contributed by atoms with Crippen LogP contribution >= 0.6 is 11.3 Å². The topological polar surface area (TPSA) is 39.7 Å². The number of aliphatic imine (C=N–C) groups is 1. The van der Waals surface area contributed by atoms with Crippen LogP contribution in [0, 0.1) is 0 Å². The predicted molar refractivity (Wildman–Crippen MR) is 84.7 cm³/mol. The maximum absolute atomic E-state index is 12.1. The van der Waals surface area contributed by atoms with E-state index in [1.807, 2.05) is 6.07 Å². The van der Waals surface area contributed by atoms with Crippen LogP contribution in [0.3, 0.4) is 0 Å². The quantitative estimate of drug-likeness (QED) is 0.657. The molecule has 0 unspecified atom stereocenters. The van der Waals surface area contributed by atoms with Crippen LogP contribution < -0.4 is 15.5 Å². The lowest BCUT2D eigenvalue weighted by Gasteiger charge is -2.33. The van der Waals surface area contributed by atoms with E-state index in [1.54, 1.807) is 18.4 Å². The van der Waals surface area contributed by atoms with Crippen molar-refractivity contribution in [1.29, 1.82) is 0 Å². The summed E-state index contributed by atoms with van der Waals surface area (Å²) in [4.78, 5) is 6.32. The average Bonchev–Trinajstić information content (AvgIpc) is 3.00. The summed E-state index contributed by atoms with van der Waals surface area (Å²) in [5, 5.41) is 9.26. The second-order valence-corrected chi connectivity index (χ2v) is 6.15. The van der Waals surface area contributed by atoms with Gasteiger partial charge in [-0.1, -0.05) is 0 Å². The van der Waals surface area contributed by atoms with Crippen molar-refractivity contribution in [2.45, 2.75) is 31.5 Å². The minimum atomic E-state index is -4.14. The Bertz CT molecular complexity index is 465. The SMILES string of the molecule is CN=C(NCCC(F)(F)F)NC1CCN(c2cccs2)CC1. The third-order valence-electron chi connectivity index (χ3n) is 3.58. The van der Waals surface area contributed by atoms with Crippen LogP contribution in [0.2, 0.25) is 0 Å². The van der Waals surface area contributed by atoms with Crippen molar-refractivity contribution in [3.63, 3.8) is 0 Å². The van der Waals surface area contributed by atoms with E-state index >= 15 is 0 Å².